The van der Waals surface area contributed by atoms with Crippen molar-refractivity contribution in [1.29, 1.82) is 5.26 Å². The lowest BCUT2D eigenvalue weighted by Gasteiger charge is -2.03. The predicted molar refractivity (Wildman–Crippen MR) is 75.1 cm³/mol. The summed E-state index contributed by atoms with van der Waals surface area (Å²) in [6.45, 7) is 4.40. The minimum Gasteiger partial charge on any atom is -0.383 e. The van der Waals surface area contributed by atoms with E-state index in [0.717, 1.165) is 15.8 Å². The number of anilines is 1. The van der Waals surface area contributed by atoms with Crippen LogP contribution in [-0.2, 0) is 6.54 Å². The molecule has 2 N–H and O–H groups in total. The Balaban J connectivity index is 2.02. The molecule has 3 aromatic heterocycles. The third kappa shape index (κ3) is 1.98. The van der Waals surface area contributed by atoms with E-state index in [-0.39, 0.29) is 5.82 Å². The van der Waals surface area contributed by atoms with Crippen molar-refractivity contribution < 1.29 is 0 Å². The second-order valence-corrected chi connectivity index (χ2v) is 5.57. The van der Waals surface area contributed by atoms with Crippen LogP contribution >= 0.6 is 11.3 Å². The average Bonchev–Trinajstić information content (AvgIpc) is 2.95. The summed E-state index contributed by atoms with van der Waals surface area (Å²) >= 11 is 1.60. The van der Waals surface area contributed by atoms with Crippen LogP contribution in [0.2, 0.25) is 0 Å². The lowest BCUT2D eigenvalue weighted by molar-refractivity contribution is 0.655. The zero-order chi connectivity index (χ0) is 14.3. The number of hydrogen-bond donors (Lipinski definition) is 1. The van der Waals surface area contributed by atoms with Crippen molar-refractivity contribution in [1.82, 2.24) is 24.7 Å². The molecule has 0 fully saturated rings. The van der Waals surface area contributed by atoms with Crippen LogP contribution in [0.3, 0.4) is 0 Å². The van der Waals surface area contributed by atoms with E-state index in [1.54, 1.807) is 11.3 Å². The van der Waals surface area contributed by atoms with Gasteiger partial charge >= 0.3 is 0 Å². The first kappa shape index (κ1) is 12.5. The maximum atomic E-state index is 8.70. The Bertz CT molecular complexity index is 839. The second kappa shape index (κ2) is 4.54. The molecule has 8 heteroatoms. The Morgan fingerprint density at radius 1 is 1.40 bits per heavy atom. The molecule has 0 radical (unpaired) electrons. The van der Waals surface area contributed by atoms with Gasteiger partial charge in [0.05, 0.1) is 5.39 Å². The first-order valence-corrected chi connectivity index (χ1v) is 6.71. The molecule has 0 aromatic carbocycles. The molecule has 100 valence electrons. The second-order valence-electron chi connectivity index (χ2n) is 4.37. The molecule has 0 aliphatic heterocycles. The van der Waals surface area contributed by atoms with Crippen molar-refractivity contribution in [3.05, 3.63) is 28.4 Å². The largest absolute Gasteiger partial charge is 0.383 e. The molecule has 0 aliphatic rings. The van der Waals surface area contributed by atoms with Crippen molar-refractivity contribution in [2.75, 3.05) is 5.73 Å². The van der Waals surface area contributed by atoms with E-state index in [1.165, 1.54) is 15.9 Å². The van der Waals surface area contributed by atoms with Crippen molar-refractivity contribution in [2.45, 2.75) is 20.4 Å². The molecule has 0 bridgehead atoms. The van der Waals surface area contributed by atoms with Gasteiger partial charge in [0.2, 0.25) is 0 Å². The van der Waals surface area contributed by atoms with Gasteiger partial charge in [-0.3, -0.25) is 0 Å². The van der Waals surface area contributed by atoms with Gasteiger partial charge < -0.3 is 5.73 Å². The topological polar surface area (TPSA) is 106 Å². The molecule has 3 aromatic rings. The highest BCUT2D eigenvalue weighted by atomic mass is 32.1. The summed E-state index contributed by atoms with van der Waals surface area (Å²) in [5, 5.41) is 13.6. The Morgan fingerprint density at radius 3 is 2.90 bits per heavy atom. The van der Waals surface area contributed by atoms with Crippen molar-refractivity contribution in [3.8, 4) is 6.07 Å². The SMILES string of the molecule is Cc1sc2nc(Cn3cnc(C#N)n3)nc(N)c2c1C. The van der Waals surface area contributed by atoms with Crippen LogP contribution in [0.25, 0.3) is 10.2 Å². The van der Waals surface area contributed by atoms with E-state index >= 15 is 0 Å². The van der Waals surface area contributed by atoms with Crippen molar-refractivity contribution >= 4 is 27.4 Å². The molecule has 0 aliphatic carbocycles. The fraction of sp³-hybridized carbons (Fsp3) is 0.250. The number of thiophene rings is 1. The number of aromatic nitrogens is 5. The van der Waals surface area contributed by atoms with Crippen LogP contribution in [0.5, 0.6) is 0 Å². The Hall–Kier alpha value is -2.53. The molecule has 0 atom stereocenters. The highest BCUT2D eigenvalue weighted by Crippen LogP contribution is 2.31. The standard InChI is InChI=1S/C12H11N7S/c1-6-7(2)20-12-10(6)11(14)16-9(17-12)4-19-5-15-8(3-13)18-19/h5H,4H2,1-2H3,(H2,14,16,17). The number of aryl methyl sites for hydroxylation is 2. The molecule has 0 amide bonds. The quantitative estimate of drug-likeness (QED) is 0.762. The summed E-state index contributed by atoms with van der Waals surface area (Å²) in [4.78, 5) is 14.7. The number of nitrogens with two attached hydrogens (primary N) is 1. The Kier molecular flexibility index (Phi) is 2.84. The van der Waals surface area contributed by atoms with Gasteiger partial charge in [-0.2, -0.15) is 5.26 Å². The molecular weight excluding hydrogens is 274 g/mol. The summed E-state index contributed by atoms with van der Waals surface area (Å²) in [6.07, 6.45) is 1.48. The van der Waals surface area contributed by atoms with Crippen LogP contribution < -0.4 is 5.73 Å². The lowest BCUT2D eigenvalue weighted by atomic mass is 10.2. The third-order valence-electron chi connectivity index (χ3n) is 3.04. The molecule has 0 saturated heterocycles. The van der Waals surface area contributed by atoms with Gasteiger partial charge in [0.25, 0.3) is 5.82 Å². The van der Waals surface area contributed by atoms with E-state index < -0.39 is 0 Å². The molecular formula is C12H11N7S. The first-order chi connectivity index (χ1) is 9.58. The highest BCUT2D eigenvalue weighted by molar-refractivity contribution is 7.18. The fourth-order valence-corrected chi connectivity index (χ4v) is 3.02. The zero-order valence-electron chi connectivity index (χ0n) is 11.0. The number of nitrogens with zero attached hydrogens (tertiary/aromatic N) is 6. The van der Waals surface area contributed by atoms with Gasteiger partial charge in [0, 0.05) is 4.88 Å². The van der Waals surface area contributed by atoms with Crippen molar-refractivity contribution in [3.63, 3.8) is 0 Å². The summed E-state index contributed by atoms with van der Waals surface area (Å²) in [5.74, 6) is 1.17. The van der Waals surface area contributed by atoms with Gasteiger partial charge in [0.15, 0.2) is 5.82 Å². The summed E-state index contributed by atoms with van der Waals surface area (Å²) in [7, 11) is 0. The van der Waals surface area contributed by atoms with Gasteiger partial charge in [0.1, 0.15) is 29.6 Å². The van der Waals surface area contributed by atoms with Gasteiger partial charge in [-0.25, -0.2) is 19.6 Å². The van der Waals surface area contributed by atoms with E-state index in [9.17, 15) is 0 Å². The maximum absolute atomic E-state index is 8.70. The predicted octanol–water partition coefficient (Wildman–Crippen LogP) is 1.40. The number of fused-ring (bicyclic) bond motifs is 1. The lowest BCUT2D eigenvalue weighted by Crippen LogP contribution is -2.07. The zero-order valence-corrected chi connectivity index (χ0v) is 11.8. The van der Waals surface area contributed by atoms with E-state index in [1.807, 2.05) is 19.9 Å². The summed E-state index contributed by atoms with van der Waals surface area (Å²) < 4.78 is 1.52. The third-order valence-corrected chi connectivity index (χ3v) is 4.14. The number of rotatable bonds is 2. The number of nitriles is 1. The molecule has 20 heavy (non-hydrogen) atoms. The maximum Gasteiger partial charge on any atom is 0.252 e. The van der Waals surface area contributed by atoms with E-state index in [4.69, 9.17) is 11.0 Å². The number of hydrogen-bond acceptors (Lipinski definition) is 7. The fourth-order valence-electron chi connectivity index (χ4n) is 1.96. The van der Waals surface area contributed by atoms with Crippen LogP contribution in [0.15, 0.2) is 6.33 Å². The Labute approximate surface area is 118 Å². The molecule has 0 spiro atoms. The smallest absolute Gasteiger partial charge is 0.252 e. The van der Waals surface area contributed by atoms with Crippen molar-refractivity contribution in [2.24, 2.45) is 0 Å². The summed E-state index contributed by atoms with van der Waals surface area (Å²) in [6, 6.07) is 1.88. The van der Waals surface area contributed by atoms with E-state index in [2.05, 4.69) is 20.1 Å². The Morgan fingerprint density at radius 2 is 2.20 bits per heavy atom. The highest BCUT2D eigenvalue weighted by Gasteiger charge is 2.13. The summed E-state index contributed by atoms with van der Waals surface area (Å²) in [5.41, 5.74) is 7.14. The molecule has 0 unspecified atom stereocenters. The molecule has 7 nitrogen and oxygen atoms in total. The molecule has 3 rings (SSSR count). The van der Waals surface area contributed by atoms with E-state index in [0.29, 0.717) is 18.2 Å². The minimum atomic E-state index is 0.127. The monoisotopic (exact) mass is 285 g/mol. The van der Waals surface area contributed by atoms with Gasteiger partial charge in [-0.1, -0.05) is 0 Å². The average molecular weight is 285 g/mol. The molecule has 3 heterocycles. The van der Waals surface area contributed by atoms with Crippen LogP contribution in [-0.4, -0.2) is 24.7 Å². The first-order valence-electron chi connectivity index (χ1n) is 5.90. The van der Waals surface area contributed by atoms with Crippen LogP contribution in [0.1, 0.15) is 22.1 Å². The van der Waals surface area contributed by atoms with Gasteiger partial charge in [-0.15, -0.1) is 16.4 Å². The van der Waals surface area contributed by atoms with Crippen LogP contribution in [0.4, 0.5) is 5.82 Å². The minimum absolute atomic E-state index is 0.127. The van der Waals surface area contributed by atoms with Gasteiger partial charge in [-0.05, 0) is 19.4 Å². The molecule has 0 saturated carbocycles. The van der Waals surface area contributed by atoms with Crippen LogP contribution in [0, 0.1) is 25.2 Å². The normalized spacial score (nSPS) is 10.8. The number of nitrogen functional groups attached to an aromatic ring is 1.